The lowest BCUT2D eigenvalue weighted by Crippen LogP contribution is -2.17. The fourth-order valence-electron chi connectivity index (χ4n) is 2.57. The Kier molecular flexibility index (Phi) is 5.06. The highest BCUT2D eigenvalue weighted by molar-refractivity contribution is 5.39. The van der Waals surface area contributed by atoms with E-state index in [4.69, 9.17) is 4.74 Å². The standard InChI is InChI=1S/C18H27FO/c1-5-12(3)9-16-10-14(6-2)11-17(19)18(16)20-13(4)15-7-8-15/h10-13,15H,5-9H2,1-4H3. The number of benzene rings is 1. The van der Waals surface area contributed by atoms with Gasteiger partial charge in [0.1, 0.15) is 0 Å². The zero-order chi connectivity index (χ0) is 14.7. The minimum absolute atomic E-state index is 0.132. The summed E-state index contributed by atoms with van der Waals surface area (Å²) in [5.41, 5.74) is 2.11. The maximum absolute atomic E-state index is 14.4. The highest BCUT2D eigenvalue weighted by Gasteiger charge is 2.30. The lowest BCUT2D eigenvalue weighted by molar-refractivity contribution is 0.186. The van der Waals surface area contributed by atoms with Crippen LogP contribution in [0.2, 0.25) is 0 Å². The van der Waals surface area contributed by atoms with Gasteiger partial charge in [-0.2, -0.15) is 0 Å². The van der Waals surface area contributed by atoms with Crippen molar-refractivity contribution in [3.8, 4) is 5.75 Å². The van der Waals surface area contributed by atoms with E-state index in [1.54, 1.807) is 6.07 Å². The molecule has 0 aromatic heterocycles. The summed E-state index contributed by atoms with van der Waals surface area (Å²) >= 11 is 0. The Morgan fingerprint density at radius 3 is 2.50 bits per heavy atom. The van der Waals surface area contributed by atoms with Crippen LogP contribution >= 0.6 is 0 Å². The molecule has 0 N–H and O–H groups in total. The molecule has 1 nitrogen and oxygen atoms in total. The van der Waals surface area contributed by atoms with Gasteiger partial charge in [-0.15, -0.1) is 0 Å². The summed E-state index contributed by atoms with van der Waals surface area (Å²) in [6.45, 7) is 8.52. The van der Waals surface area contributed by atoms with E-state index >= 15 is 0 Å². The number of rotatable bonds is 7. The average Bonchev–Trinajstić information content (AvgIpc) is 3.26. The fourth-order valence-corrected chi connectivity index (χ4v) is 2.57. The van der Waals surface area contributed by atoms with Crippen LogP contribution < -0.4 is 4.74 Å². The van der Waals surface area contributed by atoms with Gasteiger partial charge < -0.3 is 4.74 Å². The van der Waals surface area contributed by atoms with Crippen LogP contribution in [0.3, 0.4) is 0 Å². The summed E-state index contributed by atoms with van der Waals surface area (Å²) in [5.74, 6) is 1.49. The van der Waals surface area contributed by atoms with Crippen molar-refractivity contribution in [1.29, 1.82) is 0 Å². The van der Waals surface area contributed by atoms with Crippen molar-refractivity contribution in [2.24, 2.45) is 11.8 Å². The molecule has 2 unspecified atom stereocenters. The fraction of sp³-hybridized carbons (Fsp3) is 0.667. The Bertz CT molecular complexity index is 451. The Morgan fingerprint density at radius 2 is 1.95 bits per heavy atom. The third-order valence-corrected chi connectivity index (χ3v) is 4.44. The van der Waals surface area contributed by atoms with Gasteiger partial charge >= 0.3 is 0 Å². The van der Waals surface area contributed by atoms with E-state index in [9.17, 15) is 4.39 Å². The number of aryl methyl sites for hydroxylation is 1. The second kappa shape index (κ2) is 6.60. The molecule has 2 atom stereocenters. The molecule has 112 valence electrons. The van der Waals surface area contributed by atoms with Crippen molar-refractivity contribution < 1.29 is 9.13 Å². The molecule has 0 radical (unpaired) electrons. The molecule has 1 fully saturated rings. The molecule has 2 rings (SSSR count). The Hall–Kier alpha value is -1.05. The molecule has 0 heterocycles. The molecule has 0 spiro atoms. The number of ether oxygens (including phenoxy) is 1. The molecule has 1 aliphatic rings. The lowest BCUT2D eigenvalue weighted by Gasteiger charge is -2.20. The third-order valence-electron chi connectivity index (χ3n) is 4.44. The molecular weight excluding hydrogens is 251 g/mol. The summed E-state index contributed by atoms with van der Waals surface area (Å²) in [7, 11) is 0. The van der Waals surface area contributed by atoms with Crippen LogP contribution in [0.25, 0.3) is 0 Å². The van der Waals surface area contributed by atoms with Crippen molar-refractivity contribution in [1.82, 2.24) is 0 Å². The first-order valence-corrected chi connectivity index (χ1v) is 8.03. The van der Waals surface area contributed by atoms with Crippen molar-refractivity contribution in [3.63, 3.8) is 0 Å². The molecule has 2 heteroatoms. The van der Waals surface area contributed by atoms with Crippen molar-refractivity contribution in [2.45, 2.75) is 65.9 Å². The zero-order valence-electron chi connectivity index (χ0n) is 13.2. The van der Waals surface area contributed by atoms with Gasteiger partial charge in [0.2, 0.25) is 0 Å². The molecule has 1 aromatic carbocycles. The molecule has 1 aliphatic carbocycles. The van der Waals surface area contributed by atoms with Crippen LogP contribution in [0.5, 0.6) is 5.75 Å². The highest BCUT2D eigenvalue weighted by atomic mass is 19.1. The molecule has 0 bridgehead atoms. The van der Waals surface area contributed by atoms with Gasteiger partial charge in [-0.25, -0.2) is 4.39 Å². The molecule has 1 saturated carbocycles. The predicted octanol–water partition coefficient (Wildman–Crippen LogP) is 5.15. The van der Waals surface area contributed by atoms with Gasteiger partial charge in [0.15, 0.2) is 11.6 Å². The van der Waals surface area contributed by atoms with Gasteiger partial charge in [0.05, 0.1) is 6.10 Å². The topological polar surface area (TPSA) is 9.23 Å². The Labute approximate surface area is 122 Å². The monoisotopic (exact) mass is 278 g/mol. The number of hydrogen-bond acceptors (Lipinski definition) is 1. The van der Waals surface area contributed by atoms with Crippen LogP contribution in [-0.4, -0.2) is 6.10 Å². The molecule has 0 saturated heterocycles. The minimum atomic E-state index is -0.185. The first-order chi connectivity index (χ1) is 9.55. The smallest absolute Gasteiger partial charge is 0.165 e. The SMILES string of the molecule is CCc1cc(F)c(OC(C)C2CC2)c(CC(C)CC)c1. The van der Waals surface area contributed by atoms with Crippen LogP contribution in [0.15, 0.2) is 12.1 Å². The Balaban J connectivity index is 2.25. The molecule has 0 aliphatic heterocycles. The van der Waals surface area contributed by atoms with E-state index < -0.39 is 0 Å². The van der Waals surface area contributed by atoms with E-state index in [0.29, 0.717) is 17.6 Å². The number of halogens is 1. The summed E-state index contributed by atoms with van der Waals surface area (Å²) < 4.78 is 20.3. The van der Waals surface area contributed by atoms with Crippen LogP contribution in [0.4, 0.5) is 4.39 Å². The van der Waals surface area contributed by atoms with E-state index in [0.717, 1.165) is 30.4 Å². The average molecular weight is 278 g/mol. The van der Waals surface area contributed by atoms with Crippen LogP contribution in [0.1, 0.15) is 58.1 Å². The minimum Gasteiger partial charge on any atom is -0.487 e. The second-order valence-electron chi connectivity index (χ2n) is 6.30. The van der Waals surface area contributed by atoms with Gasteiger partial charge in [0, 0.05) is 0 Å². The summed E-state index contributed by atoms with van der Waals surface area (Å²) in [5, 5.41) is 0. The third kappa shape index (κ3) is 3.74. The first kappa shape index (κ1) is 15.3. The van der Waals surface area contributed by atoms with Crippen LogP contribution in [0, 0.1) is 17.7 Å². The lowest BCUT2D eigenvalue weighted by atomic mass is 9.96. The van der Waals surface area contributed by atoms with Gasteiger partial charge in [-0.05, 0) is 61.6 Å². The van der Waals surface area contributed by atoms with E-state index in [2.05, 4.69) is 33.8 Å². The van der Waals surface area contributed by atoms with Gasteiger partial charge in [-0.3, -0.25) is 0 Å². The van der Waals surface area contributed by atoms with E-state index in [-0.39, 0.29) is 11.9 Å². The summed E-state index contributed by atoms with van der Waals surface area (Å²) in [6, 6.07) is 3.76. The van der Waals surface area contributed by atoms with E-state index in [1.165, 1.54) is 12.8 Å². The maximum atomic E-state index is 14.4. The largest absolute Gasteiger partial charge is 0.487 e. The first-order valence-electron chi connectivity index (χ1n) is 8.03. The zero-order valence-corrected chi connectivity index (χ0v) is 13.2. The Morgan fingerprint density at radius 1 is 1.25 bits per heavy atom. The normalized spacial score (nSPS) is 17.9. The summed E-state index contributed by atoms with van der Waals surface area (Å²) in [4.78, 5) is 0. The van der Waals surface area contributed by atoms with Gasteiger partial charge in [0.25, 0.3) is 0 Å². The van der Waals surface area contributed by atoms with Crippen molar-refractivity contribution in [3.05, 3.63) is 29.1 Å². The maximum Gasteiger partial charge on any atom is 0.165 e. The predicted molar refractivity (Wildman–Crippen MR) is 81.8 cm³/mol. The van der Waals surface area contributed by atoms with Crippen LogP contribution in [-0.2, 0) is 12.8 Å². The van der Waals surface area contributed by atoms with Crippen molar-refractivity contribution in [2.75, 3.05) is 0 Å². The number of hydrogen-bond donors (Lipinski definition) is 0. The molecule has 1 aromatic rings. The van der Waals surface area contributed by atoms with Crippen molar-refractivity contribution >= 4 is 0 Å². The molecular formula is C18H27FO. The summed E-state index contributed by atoms with van der Waals surface area (Å²) in [6.07, 6.45) is 5.44. The quantitative estimate of drug-likeness (QED) is 0.670. The van der Waals surface area contributed by atoms with E-state index in [1.807, 2.05) is 0 Å². The highest BCUT2D eigenvalue weighted by Crippen LogP contribution is 2.37. The molecule has 0 amide bonds. The molecule has 20 heavy (non-hydrogen) atoms. The second-order valence-corrected chi connectivity index (χ2v) is 6.30. The van der Waals surface area contributed by atoms with Gasteiger partial charge in [-0.1, -0.05) is 33.3 Å².